The number of rotatable bonds is 6. The van der Waals surface area contributed by atoms with Crippen LogP contribution >= 0.6 is 0 Å². The van der Waals surface area contributed by atoms with E-state index in [1.54, 1.807) is 6.92 Å². The molecule has 0 spiro atoms. The number of carbonyl (C=O) groups excluding carboxylic acids is 1. The summed E-state index contributed by atoms with van der Waals surface area (Å²) in [6.45, 7) is 2.57. The van der Waals surface area contributed by atoms with Crippen molar-refractivity contribution in [1.29, 1.82) is 0 Å². The molecule has 5 nitrogen and oxygen atoms in total. The van der Waals surface area contributed by atoms with Crippen LogP contribution < -0.4 is 5.32 Å². The number of carbonyl (C=O) groups is 1. The molecule has 0 aliphatic heterocycles. The molecule has 0 aliphatic carbocycles. The third-order valence-corrected chi connectivity index (χ3v) is 2.08. The van der Waals surface area contributed by atoms with E-state index in [1.165, 1.54) is 6.20 Å². The van der Waals surface area contributed by atoms with Crippen LogP contribution in [-0.4, -0.2) is 29.3 Å². The summed E-state index contributed by atoms with van der Waals surface area (Å²) in [6, 6.07) is 0. The molecule has 0 bridgehead atoms. The lowest BCUT2D eigenvalue weighted by Crippen LogP contribution is -2.24. The standard InChI is InChI=1S/C10H16N2O3/c1-8-7-12-15-9(8)10(14)11-5-3-2-4-6-13/h7,13H,2-6H2,1H3,(H,11,14). The van der Waals surface area contributed by atoms with Crippen molar-refractivity contribution in [1.82, 2.24) is 10.5 Å². The summed E-state index contributed by atoms with van der Waals surface area (Å²) >= 11 is 0. The van der Waals surface area contributed by atoms with Crippen molar-refractivity contribution in [3.8, 4) is 0 Å². The zero-order chi connectivity index (χ0) is 11.1. The number of amides is 1. The minimum absolute atomic E-state index is 0.204. The van der Waals surface area contributed by atoms with Crippen molar-refractivity contribution in [3.63, 3.8) is 0 Å². The van der Waals surface area contributed by atoms with Crippen molar-refractivity contribution in [2.75, 3.05) is 13.2 Å². The summed E-state index contributed by atoms with van der Waals surface area (Å²) in [6.07, 6.45) is 4.06. The zero-order valence-corrected chi connectivity index (χ0v) is 8.82. The van der Waals surface area contributed by atoms with Gasteiger partial charge in [-0.15, -0.1) is 0 Å². The third kappa shape index (κ3) is 3.71. The Morgan fingerprint density at radius 2 is 2.33 bits per heavy atom. The van der Waals surface area contributed by atoms with Crippen LogP contribution in [0.3, 0.4) is 0 Å². The van der Waals surface area contributed by atoms with Gasteiger partial charge in [-0.3, -0.25) is 4.79 Å². The van der Waals surface area contributed by atoms with Gasteiger partial charge in [0.15, 0.2) is 0 Å². The van der Waals surface area contributed by atoms with Crippen LogP contribution in [0.1, 0.15) is 35.4 Å². The van der Waals surface area contributed by atoms with E-state index >= 15 is 0 Å². The highest BCUT2D eigenvalue weighted by Crippen LogP contribution is 2.05. The predicted octanol–water partition coefficient (Wildman–Crippen LogP) is 0.875. The van der Waals surface area contributed by atoms with Crippen molar-refractivity contribution >= 4 is 5.91 Å². The third-order valence-electron chi connectivity index (χ3n) is 2.08. The van der Waals surface area contributed by atoms with E-state index in [1.807, 2.05) is 0 Å². The molecule has 1 aromatic rings. The first-order valence-electron chi connectivity index (χ1n) is 5.06. The number of aromatic nitrogens is 1. The van der Waals surface area contributed by atoms with Crippen molar-refractivity contribution in [2.45, 2.75) is 26.2 Å². The van der Waals surface area contributed by atoms with Crippen LogP contribution in [0.15, 0.2) is 10.7 Å². The number of nitrogens with one attached hydrogen (secondary N) is 1. The molecule has 1 aromatic heterocycles. The molecule has 0 atom stereocenters. The topological polar surface area (TPSA) is 75.4 Å². The number of nitrogens with zero attached hydrogens (tertiary/aromatic N) is 1. The van der Waals surface area contributed by atoms with Gasteiger partial charge in [0.05, 0.1) is 6.20 Å². The lowest BCUT2D eigenvalue weighted by Gasteiger charge is -2.02. The highest BCUT2D eigenvalue weighted by Gasteiger charge is 2.12. The maximum Gasteiger partial charge on any atom is 0.290 e. The van der Waals surface area contributed by atoms with Crippen molar-refractivity contribution in [3.05, 3.63) is 17.5 Å². The molecule has 1 amide bonds. The van der Waals surface area contributed by atoms with Crippen LogP contribution in [-0.2, 0) is 0 Å². The molecule has 0 aliphatic rings. The summed E-state index contributed by atoms with van der Waals surface area (Å²) in [5.41, 5.74) is 0.739. The molecule has 5 heteroatoms. The van der Waals surface area contributed by atoms with Crippen molar-refractivity contribution < 1.29 is 14.4 Å². The second kappa shape index (κ2) is 6.19. The number of aliphatic hydroxyl groups excluding tert-OH is 1. The summed E-state index contributed by atoms with van der Waals surface area (Å²) in [7, 11) is 0. The molecule has 2 N–H and O–H groups in total. The molecule has 84 valence electrons. The quantitative estimate of drug-likeness (QED) is 0.686. The maximum atomic E-state index is 11.5. The highest BCUT2D eigenvalue weighted by atomic mass is 16.5. The number of aryl methyl sites for hydroxylation is 1. The summed E-state index contributed by atoms with van der Waals surface area (Å²) in [5.74, 6) is 0.0474. The Kier molecular flexibility index (Phi) is 4.83. The minimum atomic E-state index is -0.228. The Morgan fingerprint density at radius 1 is 1.53 bits per heavy atom. The summed E-state index contributed by atoms with van der Waals surface area (Å²) < 4.78 is 4.80. The zero-order valence-electron chi connectivity index (χ0n) is 8.82. The lowest BCUT2D eigenvalue weighted by atomic mass is 10.2. The summed E-state index contributed by atoms with van der Waals surface area (Å²) in [4.78, 5) is 11.5. The molecular weight excluding hydrogens is 196 g/mol. The average molecular weight is 212 g/mol. The molecule has 0 aromatic carbocycles. The molecule has 1 rings (SSSR count). The van der Waals surface area contributed by atoms with Gasteiger partial charge in [-0.2, -0.15) is 0 Å². The molecule has 0 radical (unpaired) electrons. The number of hydrogen-bond donors (Lipinski definition) is 2. The second-order valence-electron chi connectivity index (χ2n) is 3.38. The smallest absolute Gasteiger partial charge is 0.290 e. The van der Waals surface area contributed by atoms with Crippen LogP contribution in [0.25, 0.3) is 0 Å². The molecule has 0 unspecified atom stereocenters. The SMILES string of the molecule is Cc1cnoc1C(=O)NCCCCCO. The van der Waals surface area contributed by atoms with Crippen LogP contribution in [0.4, 0.5) is 0 Å². The van der Waals surface area contributed by atoms with E-state index in [0.29, 0.717) is 6.54 Å². The van der Waals surface area contributed by atoms with E-state index in [9.17, 15) is 4.79 Å². The second-order valence-corrected chi connectivity index (χ2v) is 3.38. The number of hydrogen-bond acceptors (Lipinski definition) is 4. The number of aliphatic hydroxyl groups is 1. The molecule has 0 saturated heterocycles. The molecule has 1 heterocycles. The Labute approximate surface area is 88.5 Å². The van der Waals surface area contributed by atoms with Gasteiger partial charge in [0.2, 0.25) is 5.76 Å². The fourth-order valence-corrected chi connectivity index (χ4v) is 1.21. The van der Waals surface area contributed by atoms with E-state index in [2.05, 4.69) is 10.5 Å². The highest BCUT2D eigenvalue weighted by molar-refractivity contribution is 5.92. The maximum absolute atomic E-state index is 11.5. The van der Waals surface area contributed by atoms with Gasteiger partial charge in [0.1, 0.15) is 0 Å². The normalized spacial score (nSPS) is 10.3. The van der Waals surface area contributed by atoms with Gasteiger partial charge < -0.3 is 14.9 Å². The first-order valence-corrected chi connectivity index (χ1v) is 5.06. The Bertz CT molecular complexity index is 309. The fraction of sp³-hybridized carbons (Fsp3) is 0.600. The molecule has 15 heavy (non-hydrogen) atoms. The first-order chi connectivity index (χ1) is 7.25. The van der Waals surface area contributed by atoms with Crippen LogP contribution in [0.5, 0.6) is 0 Å². The largest absolute Gasteiger partial charge is 0.396 e. The lowest BCUT2D eigenvalue weighted by molar-refractivity contribution is 0.0915. The predicted molar refractivity (Wildman–Crippen MR) is 54.5 cm³/mol. The first kappa shape index (κ1) is 11.7. The van der Waals surface area contributed by atoms with Gasteiger partial charge in [0.25, 0.3) is 5.91 Å². The van der Waals surface area contributed by atoms with Crippen LogP contribution in [0.2, 0.25) is 0 Å². The van der Waals surface area contributed by atoms with E-state index in [4.69, 9.17) is 9.63 Å². The average Bonchev–Trinajstić information content (AvgIpc) is 2.64. The van der Waals surface area contributed by atoms with E-state index in [-0.39, 0.29) is 18.3 Å². The Balaban J connectivity index is 2.22. The molecule has 0 fully saturated rings. The van der Waals surface area contributed by atoms with Crippen molar-refractivity contribution in [2.24, 2.45) is 0 Å². The molecule has 0 saturated carbocycles. The Hall–Kier alpha value is -1.36. The van der Waals surface area contributed by atoms with Gasteiger partial charge in [-0.1, -0.05) is 5.16 Å². The monoisotopic (exact) mass is 212 g/mol. The fourth-order valence-electron chi connectivity index (χ4n) is 1.21. The summed E-state index contributed by atoms with van der Waals surface area (Å²) in [5, 5.41) is 14.8. The van der Waals surface area contributed by atoms with E-state index in [0.717, 1.165) is 24.8 Å². The number of unbranched alkanes of at least 4 members (excludes halogenated alkanes) is 2. The minimum Gasteiger partial charge on any atom is -0.396 e. The van der Waals surface area contributed by atoms with Gasteiger partial charge >= 0.3 is 0 Å². The van der Waals surface area contributed by atoms with Crippen LogP contribution in [0, 0.1) is 6.92 Å². The van der Waals surface area contributed by atoms with Gasteiger partial charge in [0, 0.05) is 18.7 Å². The van der Waals surface area contributed by atoms with E-state index < -0.39 is 0 Å². The molecular formula is C10H16N2O3. The van der Waals surface area contributed by atoms with Gasteiger partial charge in [-0.25, -0.2) is 0 Å². The van der Waals surface area contributed by atoms with Gasteiger partial charge in [-0.05, 0) is 26.2 Å². The Morgan fingerprint density at radius 3 is 2.93 bits per heavy atom.